The Hall–Kier alpha value is -7.44. The fraction of sp³-hybridized carbons (Fsp3) is 0.242. The largest absolute Gasteiger partial charge is 0.466 e. The lowest BCUT2D eigenvalue weighted by molar-refractivity contribution is 0.332. The molecule has 0 amide bonds. The van der Waals surface area contributed by atoms with Crippen LogP contribution in [0.5, 0.6) is 0 Å². The molecule has 3 aliphatic rings. The van der Waals surface area contributed by atoms with E-state index in [-0.39, 0.29) is 21.7 Å². The summed E-state index contributed by atoms with van der Waals surface area (Å²) >= 11 is 0. The third-order valence-electron chi connectivity index (χ3n) is 16.8. The first kappa shape index (κ1) is 43.4. The maximum absolute atomic E-state index is 7.76. The van der Waals surface area contributed by atoms with Crippen molar-refractivity contribution < 1.29 is 13.3 Å². The number of rotatable bonds is 3. The van der Waals surface area contributed by atoms with Crippen molar-refractivity contribution in [3.05, 3.63) is 174 Å². The van der Waals surface area contributed by atoms with Crippen molar-refractivity contribution in [3.63, 3.8) is 0 Å². The molecule has 6 heteroatoms. The van der Waals surface area contributed by atoms with E-state index in [1.54, 1.807) is 0 Å². The summed E-state index contributed by atoms with van der Waals surface area (Å²) in [6.07, 6.45) is 2.22. The maximum atomic E-state index is 7.76. The van der Waals surface area contributed by atoms with Gasteiger partial charge in [-0.3, -0.25) is 0 Å². The molecule has 5 nitrogen and oxygen atoms in total. The second kappa shape index (κ2) is 14.6. The Balaban J connectivity index is 1.19. The Morgan fingerprint density at radius 2 is 1.08 bits per heavy atom. The van der Waals surface area contributed by atoms with Crippen LogP contribution in [0.1, 0.15) is 104 Å². The molecule has 0 atom stereocenters. The molecule has 0 spiro atoms. The van der Waals surface area contributed by atoms with Gasteiger partial charge in [0.1, 0.15) is 33.6 Å². The smallest absolute Gasteiger partial charge is 0.376 e. The molecule has 354 valence electrons. The fourth-order valence-electron chi connectivity index (χ4n) is 12.7. The van der Waals surface area contributed by atoms with E-state index in [2.05, 4.69) is 231 Å². The molecule has 5 heterocycles. The third kappa shape index (κ3) is 6.14. The molecule has 2 aliphatic heterocycles. The summed E-state index contributed by atoms with van der Waals surface area (Å²) in [5.74, 6) is 0. The molecule has 0 bridgehead atoms. The van der Waals surface area contributed by atoms with Crippen molar-refractivity contribution in [1.82, 2.24) is 0 Å². The van der Waals surface area contributed by atoms with Crippen molar-refractivity contribution in [3.8, 4) is 22.3 Å². The Labute approximate surface area is 422 Å². The first-order valence-electron chi connectivity index (χ1n) is 25.9. The first-order chi connectivity index (χ1) is 34.4. The van der Waals surface area contributed by atoms with Crippen molar-refractivity contribution in [2.75, 3.05) is 9.71 Å². The van der Waals surface area contributed by atoms with Gasteiger partial charge in [0.15, 0.2) is 0 Å². The fourth-order valence-corrected chi connectivity index (χ4v) is 12.7. The van der Waals surface area contributed by atoms with Crippen LogP contribution < -0.4 is 20.8 Å². The van der Waals surface area contributed by atoms with Crippen molar-refractivity contribution >= 4 is 101 Å². The minimum Gasteiger partial charge on any atom is -0.466 e. The van der Waals surface area contributed by atoms with Crippen LogP contribution in [0.2, 0.25) is 0 Å². The second-order valence-corrected chi connectivity index (χ2v) is 24.4. The molecule has 0 unspecified atom stereocenters. The van der Waals surface area contributed by atoms with E-state index in [9.17, 15) is 0 Å². The number of hydrogen-bond donors (Lipinski definition) is 0. The van der Waals surface area contributed by atoms with Crippen molar-refractivity contribution in [1.29, 1.82) is 0 Å². The van der Waals surface area contributed by atoms with E-state index >= 15 is 0 Å². The average molecular weight is 939 g/mol. The van der Waals surface area contributed by atoms with Gasteiger partial charge in [-0.15, -0.1) is 0 Å². The number of anilines is 5. The number of nitrogens with zero attached hydrogens (tertiary/aromatic N) is 2. The maximum Gasteiger partial charge on any atom is 0.376 e. The van der Waals surface area contributed by atoms with Gasteiger partial charge in [-0.25, -0.2) is 0 Å². The highest BCUT2D eigenvalue weighted by atomic mass is 16.3. The SMILES string of the molecule is CC(C)(C)c1ccc(N2B3c4oc5cc6c(cc5c4N(c4ccc(C(C)(C)C)cc4-c4ccccc4)c4cc5c(oc7ccccc75)c(c43)-c3cc4c(cc32)oc2ccccc24)C(C)(C)CCC6(C)C)cc1. The molecule has 0 radical (unpaired) electrons. The number of hydrogen-bond acceptors (Lipinski definition) is 5. The molecule has 72 heavy (non-hydrogen) atoms. The molecule has 0 fully saturated rings. The molecule has 0 N–H and O–H groups in total. The zero-order valence-corrected chi connectivity index (χ0v) is 43.0. The van der Waals surface area contributed by atoms with E-state index in [1.165, 1.54) is 33.4 Å². The predicted molar refractivity (Wildman–Crippen MR) is 303 cm³/mol. The molecule has 0 saturated carbocycles. The summed E-state index contributed by atoms with van der Waals surface area (Å²) in [6.45, 7) is 23.1. The molecule has 14 rings (SSSR count). The summed E-state index contributed by atoms with van der Waals surface area (Å²) in [5.41, 5.74) is 21.5. The van der Waals surface area contributed by atoms with Crippen LogP contribution >= 0.6 is 0 Å². The van der Waals surface area contributed by atoms with E-state index < -0.39 is 6.85 Å². The van der Waals surface area contributed by atoms with Gasteiger partial charge in [0.05, 0.1) is 11.4 Å². The summed E-state index contributed by atoms with van der Waals surface area (Å²) in [7, 11) is 0. The zero-order chi connectivity index (χ0) is 49.4. The van der Waals surface area contributed by atoms with Crippen LogP contribution in [0.25, 0.3) is 77.1 Å². The Morgan fingerprint density at radius 1 is 0.472 bits per heavy atom. The highest BCUT2D eigenvalue weighted by Crippen LogP contribution is 2.56. The van der Waals surface area contributed by atoms with Crippen LogP contribution in [0.3, 0.4) is 0 Å². The van der Waals surface area contributed by atoms with Gasteiger partial charge in [-0.2, -0.15) is 0 Å². The van der Waals surface area contributed by atoms with Gasteiger partial charge >= 0.3 is 6.85 Å². The Morgan fingerprint density at radius 3 is 1.78 bits per heavy atom. The highest BCUT2D eigenvalue weighted by molar-refractivity contribution is 6.93. The van der Waals surface area contributed by atoms with E-state index in [4.69, 9.17) is 13.3 Å². The van der Waals surface area contributed by atoms with Crippen LogP contribution in [-0.2, 0) is 21.7 Å². The van der Waals surface area contributed by atoms with Gasteiger partial charge in [0.2, 0.25) is 0 Å². The first-order valence-corrected chi connectivity index (χ1v) is 25.9. The number of para-hydroxylation sites is 2. The van der Waals surface area contributed by atoms with Gasteiger partial charge in [-0.1, -0.05) is 154 Å². The predicted octanol–water partition coefficient (Wildman–Crippen LogP) is 17.6. The molecule has 11 aromatic rings. The van der Waals surface area contributed by atoms with Gasteiger partial charge in [-0.05, 0) is 128 Å². The van der Waals surface area contributed by atoms with Gasteiger partial charge in [0, 0.05) is 66.8 Å². The van der Waals surface area contributed by atoms with Crippen molar-refractivity contribution in [2.24, 2.45) is 0 Å². The lowest BCUT2D eigenvalue weighted by Gasteiger charge is -2.44. The zero-order valence-electron chi connectivity index (χ0n) is 43.0. The van der Waals surface area contributed by atoms with Crippen LogP contribution in [0.4, 0.5) is 28.4 Å². The normalized spacial score (nSPS) is 15.9. The standard InChI is InChI=1S/C66H59BN2O3/c1-63(2,3)39-24-27-41(28-25-39)69-52-37-57-45(42-20-14-16-22-54(42)70-57)33-47(52)58-59-53(35-46-43-21-15-17-23-55(43)71-61(46)58)68(51-29-26-40(64(4,5)6)32-44(51)38-18-12-11-13-19-38)60-48-34-49-50(36-56(48)72-62(60)67(59)69)66(9,10)31-30-65(49,7)8/h11-29,32-37H,30-31H2,1-10H3. The third-order valence-corrected chi connectivity index (χ3v) is 16.8. The van der Waals surface area contributed by atoms with Crippen LogP contribution in [0, 0.1) is 0 Å². The van der Waals surface area contributed by atoms with E-state index in [0.29, 0.717) is 0 Å². The van der Waals surface area contributed by atoms with Gasteiger partial charge in [0.25, 0.3) is 0 Å². The quantitative estimate of drug-likeness (QED) is 0.165. The second-order valence-electron chi connectivity index (χ2n) is 24.4. The van der Waals surface area contributed by atoms with E-state index in [0.717, 1.165) is 118 Å². The highest BCUT2D eigenvalue weighted by Gasteiger charge is 2.51. The topological polar surface area (TPSA) is 45.9 Å². The summed E-state index contributed by atoms with van der Waals surface area (Å²) < 4.78 is 21.8. The molecule has 0 saturated heterocycles. The van der Waals surface area contributed by atoms with Crippen LogP contribution in [-0.4, -0.2) is 6.85 Å². The van der Waals surface area contributed by atoms with Crippen molar-refractivity contribution in [2.45, 2.75) is 104 Å². The monoisotopic (exact) mass is 938 g/mol. The number of benzene rings is 8. The molecular weight excluding hydrogens is 880 g/mol. The molecule has 3 aromatic heterocycles. The van der Waals surface area contributed by atoms with Crippen LogP contribution in [0.15, 0.2) is 165 Å². The van der Waals surface area contributed by atoms with Gasteiger partial charge < -0.3 is 23.0 Å². The Bertz CT molecular complexity index is 4080. The Kier molecular flexibility index (Phi) is 8.79. The summed E-state index contributed by atoms with van der Waals surface area (Å²) in [5, 5.41) is 5.46. The minimum absolute atomic E-state index is 0.0144. The lowest BCUT2D eigenvalue weighted by Crippen LogP contribution is -2.61. The number of furan rings is 3. The average Bonchev–Trinajstić information content (AvgIpc) is 4.05. The molecule has 8 aromatic carbocycles. The lowest BCUT2D eigenvalue weighted by atomic mass is 9.45. The molecular formula is C66H59BN2O3. The summed E-state index contributed by atoms with van der Waals surface area (Å²) in [6, 6.07) is 56.3. The molecule has 1 aliphatic carbocycles. The van der Waals surface area contributed by atoms with E-state index in [1.807, 2.05) is 0 Å². The summed E-state index contributed by atoms with van der Waals surface area (Å²) in [4.78, 5) is 5.12. The number of fused-ring (bicyclic) bond motifs is 14. The minimum atomic E-state index is -0.395.